The summed E-state index contributed by atoms with van der Waals surface area (Å²) < 4.78 is 34.0. The molecule has 3 aromatic carbocycles. The van der Waals surface area contributed by atoms with Gasteiger partial charge in [0.1, 0.15) is 5.75 Å². The summed E-state index contributed by atoms with van der Waals surface area (Å²) in [5.74, 6) is 0.678. The Kier molecular flexibility index (Phi) is 8.55. The van der Waals surface area contributed by atoms with Gasteiger partial charge < -0.3 is 10.1 Å². The lowest BCUT2D eigenvalue weighted by Crippen LogP contribution is -2.53. The molecule has 0 aliphatic carbocycles. The van der Waals surface area contributed by atoms with E-state index in [1.165, 1.54) is 27.8 Å². The van der Waals surface area contributed by atoms with Crippen molar-refractivity contribution in [3.05, 3.63) is 76.9 Å². The highest BCUT2D eigenvalue weighted by molar-refractivity contribution is 7.89. The van der Waals surface area contributed by atoms with Gasteiger partial charge in [-0.1, -0.05) is 49.4 Å². The van der Waals surface area contributed by atoms with E-state index in [1.807, 2.05) is 6.92 Å². The van der Waals surface area contributed by atoms with Crippen LogP contribution in [0.1, 0.15) is 54.9 Å². The quantitative estimate of drug-likeness (QED) is 0.305. The molecule has 0 spiro atoms. The number of unbranched alkanes of at least 4 members (excludes halogenated alkanes) is 1. The highest BCUT2D eigenvalue weighted by Gasteiger charge is 2.36. The van der Waals surface area contributed by atoms with Crippen LogP contribution in [0.5, 0.6) is 5.75 Å². The molecule has 2 aliphatic rings. The Morgan fingerprint density at radius 2 is 1.78 bits per heavy atom. The number of hydrogen-bond donors (Lipinski definition) is 1. The van der Waals surface area contributed by atoms with E-state index in [0.717, 1.165) is 25.9 Å². The minimum Gasteiger partial charge on any atom is -0.482 e. The fourth-order valence-electron chi connectivity index (χ4n) is 6.02. The van der Waals surface area contributed by atoms with Crippen LogP contribution < -0.4 is 10.1 Å². The number of sulfonamides is 1. The Hall–Kier alpha value is -3.20. The van der Waals surface area contributed by atoms with Crippen LogP contribution in [0, 0.1) is 20.8 Å². The van der Waals surface area contributed by atoms with Crippen molar-refractivity contribution in [3.8, 4) is 16.9 Å². The second-order valence-electron chi connectivity index (χ2n) is 11.4. The van der Waals surface area contributed by atoms with Crippen LogP contribution in [0.25, 0.3) is 11.1 Å². The first kappa shape index (κ1) is 29.3. The van der Waals surface area contributed by atoms with Gasteiger partial charge in [0.2, 0.25) is 10.0 Å². The van der Waals surface area contributed by atoms with Crippen LogP contribution in [-0.4, -0.2) is 62.4 Å². The van der Waals surface area contributed by atoms with Crippen LogP contribution in [0.4, 0.5) is 5.69 Å². The van der Waals surface area contributed by atoms with E-state index in [2.05, 4.69) is 73.5 Å². The average molecular weight is 576 g/mol. The lowest BCUT2D eigenvalue weighted by atomic mass is 9.82. The van der Waals surface area contributed by atoms with Crippen LogP contribution in [0.2, 0.25) is 0 Å². The fraction of sp³-hybridized carbons (Fsp3) is 0.424. The normalized spacial score (nSPS) is 18.9. The molecule has 8 heteroatoms. The molecule has 7 nitrogen and oxygen atoms in total. The largest absolute Gasteiger partial charge is 0.482 e. The van der Waals surface area contributed by atoms with Crippen molar-refractivity contribution >= 4 is 21.6 Å². The van der Waals surface area contributed by atoms with Crippen LogP contribution in [0.3, 0.4) is 0 Å². The number of nitrogens with zero attached hydrogens (tertiary/aromatic N) is 2. The van der Waals surface area contributed by atoms with E-state index < -0.39 is 10.0 Å². The number of carbonyl (C=O) groups excluding carboxylic acids is 1. The number of benzene rings is 3. The second-order valence-corrected chi connectivity index (χ2v) is 13.3. The number of ether oxygens (including phenoxy) is 1. The zero-order valence-electron chi connectivity index (χ0n) is 24.7. The lowest BCUT2D eigenvalue weighted by molar-refractivity contribution is -0.118. The van der Waals surface area contributed by atoms with Gasteiger partial charge in [0, 0.05) is 37.7 Å². The predicted molar refractivity (Wildman–Crippen MR) is 164 cm³/mol. The summed E-state index contributed by atoms with van der Waals surface area (Å²) in [5, 5.41) is 2.74. The molecule has 0 bridgehead atoms. The van der Waals surface area contributed by atoms with Crippen LogP contribution >= 0.6 is 0 Å². The van der Waals surface area contributed by atoms with Gasteiger partial charge >= 0.3 is 0 Å². The summed E-state index contributed by atoms with van der Waals surface area (Å²) in [6.45, 7) is 13.0. The molecule has 41 heavy (non-hydrogen) atoms. The number of rotatable bonds is 10. The van der Waals surface area contributed by atoms with Gasteiger partial charge in [0.15, 0.2) is 6.61 Å². The smallest absolute Gasteiger partial charge is 0.262 e. The molecule has 2 atom stereocenters. The minimum atomic E-state index is -3.68. The first-order valence-corrected chi connectivity index (χ1v) is 16.0. The third kappa shape index (κ3) is 5.92. The maximum absolute atomic E-state index is 13.5. The summed E-state index contributed by atoms with van der Waals surface area (Å²) in [7, 11) is -3.68. The third-order valence-corrected chi connectivity index (χ3v) is 10.9. The number of anilines is 1. The zero-order chi connectivity index (χ0) is 29.3. The number of carbonyl (C=O) groups is 1. The summed E-state index contributed by atoms with van der Waals surface area (Å²) in [5.41, 5.74) is 7.70. The molecule has 1 fully saturated rings. The third-order valence-electron chi connectivity index (χ3n) is 8.83. The Labute approximate surface area is 244 Å². The molecule has 1 saturated heterocycles. The predicted octanol–water partition coefficient (Wildman–Crippen LogP) is 5.89. The SMILES string of the molecule is CCN(CCCCN1CC(c2ccc(-c3cccc(C)c3C)cc2)C1C)S(=O)(=O)c1cc2c(cc1C)NC(=O)CO2. The van der Waals surface area contributed by atoms with Gasteiger partial charge in [-0.3, -0.25) is 9.69 Å². The van der Waals surface area contributed by atoms with E-state index >= 15 is 0 Å². The van der Waals surface area contributed by atoms with Gasteiger partial charge in [0.25, 0.3) is 5.91 Å². The minimum absolute atomic E-state index is 0.110. The molecule has 0 saturated carbocycles. The molecule has 2 heterocycles. The van der Waals surface area contributed by atoms with E-state index in [9.17, 15) is 13.2 Å². The molecular weight excluding hydrogens is 534 g/mol. The molecule has 0 aromatic heterocycles. The van der Waals surface area contributed by atoms with Crippen LogP contribution in [0.15, 0.2) is 59.5 Å². The number of amides is 1. The molecule has 1 N–H and O–H groups in total. The number of likely N-dealkylation sites (tertiary alicyclic amines) is 1. The summed E-state index contributed by atoms with van der Waals surface area (Å²) in [4.78, 5) is 14.3. The average Bonchev–Trinajstić information content (AvgIpc) is 2.95. The van der Waals surface area contributed by atoms with Crippen molar-refractivity contribution in [1.82, 2.24) is 9.21 Å². The first-order valence-electron chi connectivity index (χ1n) is 14.6. The Bertz CT molecular complexity index is 1530. The van der Waals surface area contributed by atoms with E-state index in [0.29, 0.717) is 42.0 Å². The molecule has 3 aromatic rings. The van der Waals surface area contributed by atoms with Crippen molar-refractivity contribution in [2.45, 2.75) is 64.3 Å². The molecule has 1 amide bonds. The van der Waals surface area contributed by atoms with Crippen molar-refractivity contribution in [2.75, 3.05) is 38.1 Å². The van der Waals surface area contributed by atoms with E-state index in [-0.39, 0.29) is 17.4 Å². The summed E-state index contributed by atoms with van der Waals surface area (Å²) in [6.07, 6.45) is 1.73. The van der Waals surface area contributed by atoms with Crippen molar-refractivity contribution in [1.29, 1.82) is 0 Å². The maximum atomic E-state index is 13.5. The van der Waals surface area contributed by atoms with Gasteiger partial charge in [-0.25, -0.2) is 8.42 Å². The molecular formula is C33H41N3O4S. The van der Waals surface area contributed by atoms with Gasteiger partial charge in [-0.05, 0) is 86.5 Å². The van der Waals surface area contributed by atoms with Crippen molar-refractivity contribution < 1.29 is 17.9 Å². The first-order chi connectivity index (χ1) is 19.6. The van der Waals surface area contributed by atoms with Crippen LogP contribution in [-0.2, 0) is 14.8 Å². The number of fused-ring (bicyclic) bond motifs is 1. The van der Waals surface area contributed by atoms with E-state index in [1.54, 1.807) is 23.4 Å². The topological polar surface area (TPSA) is 79.0 Å². The lowest BCUT2D eigenvalue weighted by Gasteiger charge is -2.47. The molecule has 218 valence electrons. The number of nitrogens with one attached hydrogen (secondary N) is 1. The molecule has 5 rings (SSSR count). The van der Waals surface area contributed by atoms with E-state index in [4.69, 9.17) is 4.74 Å². The Morgan fingerprint density at radius 1 is 1.02 bits per heavy atom. The zero-order valence-corrected chi connectivity index (χ0v) is 25.6. The summed E-state index contributed by atoms with van der Waals surface area (Å²) in [6, 6.07) is 19.2. The van der Waals surface area contributed by atoms with Crippen molar-refractivity contribution in [3.63, 3.8) is 0 Å². The highest BCUT2D eigenvalue weighted by Crippen LogP contribution is 2.36. The Morgan fingerprint density at radius 3 is 2.49 bits per heavy atom. The summed E-state index contributed by atoms with van der Waals surface area (Å²) >= 11 is 0. The fourth-order valence-corrected chi connectivity index (χ4v) is 7.73. The number of hydrogen-bond acceptors (Lipinski definition) is 5. The monoisotopic (exact) mass is 575 g/mol. The maximum Gasteiger partial charge on any atom is 0.262 e. The molecule has 2 aliphatic heterocycles. The van der Waals surface area contributed by atoms with Gasteiger partial charge in [-0.2, -0.15) is 4.31 Å². The molecule has 2 unspecified atom stereocenters. The molecule has 0 radical (unpaired) electrons. The van der Waals surface area contributed by atoms with Crippen molar-refractivity contribution in [2.24, 2.45) is 0 Å². The van der Waals surface area contributed by atoms with Gasteiger partial charge in [-0.15, -0.1) is 0 Å². The van der Waals surface area contributed by atoms with Gasteiger partial charge in [0.05, 0.1) is 10.6 Å². The standard InChI is InChI=1S/C33H41N3O4S/c1-6-36(41(38,39)32-19-31-30(18-23(32)3)34-33(37)21-40-31)17-8-7-16-35-20-29(25(35)5)27-14-12-26(13-15-27)28-11-9-10-22(2)24(28)4/h9-15,18-19,25,29H,6-8,16-17,20-21H2,1-5H3,(H,34,37). The highest BCUT2D eigenvalue weighted by atomic mass is 32.2. The number of aryl methyl sites for hydroxylation is 2. The Balaban J connectivity index is 1.13. The second kappa shape index (κ2) is 12.0.